The molecule has 8 nitrogen and oxygen atoms in total. The van der Waals surface area contributed by atoms with Crippen molar-refractivity contribution in [1.29, 1.82) is 0 Å². The van der Waals surface area contributed by atoms with Gasteiger partial charge in [0.15, 0.2) is 0 Å². The number of nitrogens with one attached hydrogen (secondary N) is 2. The van der Waals surface area contributed by atoms with Crippen LogP contribution in [0.2, 0.25) is 5.02 Å². The molecule has 12 heteroatoms. The summed E-state index contributed by atoms with van der Waals surface area (Å²) in [6.45, 7) is 1.08. The van der Waals surface area contributed by atoms with Crippen LogP contribution >= 0.6 is 22.9 Å². The molecule has 3 heterocycles. The number of aliphatic carboxylic acids is 1. The monoisotopic (exact) mass is 485 g/mol. The van der Waals surface area contributed by atoms with Gasteiger partial charge >= 0.3 is 0 Å². The first kappa shape index (κ1) is 23.9. The molecule has 1 saturated carbocycles. The average Bonchev–Trinajstić information content (AvgIpc) is 3.31. The largest absolute Gasteiger partial charge is 0.481 e. The summed E-state index contributed by atoms with van der Waals surface area (Å²) in [6.07, 6.45) is 0.719. The molecule has 2 atom stereocenters. The number of thiophene rings is 1. The molecule has 3 aromatic heterocycles. The van der Waals surface area contributed by atoms with Gasteiger partial charge in [0.2, 0.25) is 0 Å². The summed E-state index contributed by atoms with van der Waals surface area (Å²) in [5.74, 6) is -3.73. The van der Waals surface area contributed by atoms with E-state index in [9.17, 15) is 13.6 Å². The van der Waals surface area contributed by atoms with E-state index in [2.05, 4.69) is 15.7 Å². The van der Waals surface area contributed by atoms with Crippen LogP contribution in [-0.2, 0) is 4.79 Å². The summed E-state index contributed by atoms with van der Waals surface area (Å²) in [5.41, 5.74) is 7.27. The van der Waals surface area contributed by atoms with Crippen molar-refractivity contribution in [2.45, 2.75) is 44.2 Å². The molecule has 0 radical (unpaired) electrons. The average molecular weight is 486 g/mol. The second kappa shape index (κ2) is 9.80. The van der Waals surface area contributed by atoms with Crippen LogP contribution in [-0.4, -0.2) is 44.6 Å². The fourth-order valence-corrected chi connectivity index (χ4v) is 4.30. The number of halogens is 3. The Morgan fingerprint density at radius 2 is 2.00 bits per heavy atom. The van der Waals surface area contributed by atoms with Crippen molar-refractivity contribution in [3.8, 4) is 0 Å². The number of fused-ring (bicyclic) bond motifs is 1. The minimum Gasteiger partial charge on any atom is -0.481 e. The van der Waals surface area contributed by atoms with E-state index < -0.39 is 24.0 Å². The third kappa shape index (κ3) is 5.53. The lowest BCUT2D eigenvalue weighted by Gasteiger charge is -2.36. The number of rotatable bonds is 4. The van der Waals surface area contributed by atoms with Crippen molar-refractivity contribution in [1.82, 2.24) is 9.61 Å². The van der Waals surface area contributed by atoms with Gasteiger partial charge in [-0.05, 0) is 37.1 Å². The van der Waals surface area contributed by atoms with Crippen molar-refractivity contribution >= 4 is 51.8 Å². The Morgan fingerprint density at radius 1 is 1.31 bits per heavy atom. The van der Waals surface area contributed by atoms with Crippen LogP contribution in [0.4, 0.5) is 20.3 Å². The first-order valence-corrected chi connectivity index (χ1v) is 11.0. The Balaban J connectivity index is 0.000000668. The summed E-state index contributed by atoms with van der Waals surface area (Å²) < 4.78 is 29.2. The lowest BCUT2D eigenvalue weighted by molar-refractivity contribution is -0.134. The zero-order valence-corrected chi connectivity index (χ0v) is 18.6. The van der Waals surface area contributed by atoms with E-state index in [0.717, 1.165) is 6.92 Å². The molecule has 4 rings (SSSR count). The molecule has 0 spiro atoms. The van der Waals surface area contributed by atoms with Gasteiger partial charge in [-0.2, -0.15) is 0 Å². The van der Waals surface area contributed by atoms with Crippen molar-refractivity contribution < 1.29 is 23.5 Å². The van der Waals surface area contributed by atoms with Crippen LogP contribution in [0.15, 0.2) is 35.0 Å². The molecule has 1 aliphatic rings. The predicted molar refractivity (Wildman–Crippen MR) is 120 cm³/mol. The standard InChI is InChI=1S/C18H18ClF2N5OS.C2H4O2/c19-11-8-28-9-13(11)24-17(27)14-5-3-10-4-6-15(25-26(10)14)23-12-2-1-7-18(20,21)16(12)22;1-2(3)4/h3-6,8-9,12,16H,1-2,7,22H2,(H,23,25)(H,24,27);1H3,(H,3,4)/t12-,16-;/m1./s1. The fraction of sp³-hybridized carbons (Fsp3) is 0.350. The van der Waals surface area contributed by atoms with Crippen LogP contribution in [0.1, 0.15) is 36.7 Å². The first-order valence-electron chi connectivity index (χ1n) is 9.70. The van der Waals surface area contributed by atoms with E-state index in [1.54, 1.807) is 35.0 Å². The smallest absolute Gasteiger partial charge is 0.300 e. The highest BCUT2D eigenvalue weighted by Crippen LogP contribution is 2.33. The van der Waals surface area contributed by atoms with E-state index in [1.165, 1.54) is 15.9 Å². The molecule has 0 saturated heterocycles. The molecule has 0 aliphatic heterocycles. The third-order valence-corrected chi connectivity index (χ3v) is 6.07. The van der Waals surface area contributed by atoms with Gasteiger partial charge in [0.1, 0.15) is 11.5 Å². The molecule has 32 heavy (non-hydrogen) atoms. The number of hydrogen-bond acceptors (Lipinski definition) is 6. The molecule has 1 fully saturated rings. The second-order valence-corrected chi connectivity index (χ2v) is 8.46. The highest BCUT2D eigenvalue weighted by Gasteiger charge is 2.44. The van der Waals surface area contributed by atoms with Gasteiger partial charge in [0.25, 0.3) is 17.8 Å². The molecule has 5 N–H and O–H groups in total. The van der Waals surface area contributed by atoms with Crippen LogP contribution < -0.4 is 16.4 Å². The first-order chi connectivity index (χ1) is 15.1. The van der Waals surface area contributed by atoms with E-state index in [1.807, 2.05) is 0 Å². The molecule has 0 bridgehead atoms. The highest BCUT2D eigenvalue weighted by molar-refractivity contribution is 7.09. The topological polar surface area (TPSA) is 122 Å². The SMILES string of the molecule is CC(=O)O.N[C@@H]1[C@H](Nc2ccc3ccc(C(=O)Nc4cscc4Cl)n3n2)CCCC1(F)F. The Hall–Kier alpha value is -2.76. The minimum absolute atomic E-state index is 0.203. The number of alkyl halides is 2. The minimum atomic E-state index is -2.90. The molecule has 3 aromatic rings. The molecular formula is C20H22ClF2N5O3S. The number of carboxylic acids is 1. The summed E-state index contributed by atoms with van der Waals surface area (Å²) in [5, 5.41) is 21.5. The number of amides is 1. The normalized spacial score (nSPS) is 19.7. The number of hydrogen-bond donors (Lipinski definition) is 4. The van der Waals surface area contributed by atoms with Crippen molar-refractivity contribution in [2.24, 2.45) is 5.73 Å². The Labute approximate surface area is 191 Å². The van der Waals surface area contributed by atoms with Gasteiger partial charge in [-0.15, -0.1) is 16.4 Å². The highest BCUT2D eigenvalue weighted by atomic mass is 35.5. The van der Waals surface area contributed by atoms with Gasteiger partial charge in [0, 0.05) is 30.1 Å². The van der Waals surface area contributed by atoms with Crippen molar-refractivity contribution in [2.75, 3.05) is 10.6 Å². The molecule has 172 valence electrons. The lowest BCUT2D eigenvalue weighted by Crippen LogP contribution is -2.55. The fourth-order valence-electron chi connectivity index (χ4n) is 3.34. The number of aromatic nitrogens is 2. The van der Waals surface area contributed by atoms with Gasteiger partial charge in [-0.1, -0.05) is 11.6 Å². The summed E-state index contributed by atoms with van der Waals surface area (Å²) in [4.78, 5) is 21.6. The lowest BCUT2D eigenvalue weighted by atomic mass is 9.87. The number of carboxylic acid groups (broad SMARTS) is 1. The zero-order valence-electron chi connectivity index (χ0n) is 17.0. The van der Waals surface area contributed by atoms with Crippen LogP contribution in [0, 0.1) is 0 Å². The van der Waals surface area contributed by atoms with Crippen molar-refractivity contribution in [3.63, 3.8) is 0 Å². The van der Waals surface area contributed by atoms with Crippen LogP contribution in [0.5, 0.6) is 0 Å². The molecule has 1 aliphatic carbocycles. The zero-order chi connectivity index (χ0) is 23.5. The Bertz CT molecular complexity index is 1120. The number of anilines is 2. The van der Waals surface area contributed by atoms with E-state index >= 15 is 0 Å². The maximum atomic E-state index is 13.9. The van der Waals surface area contributed by atoms with Crippen LogP contribution in [0.25, 0.3) is 5.52 Å². The predicted octanol–water partition coefficient (Wildman–Crippen LogP) is 4.32. The molecule has 0 aromatic carbocycles. The van der Waals surface area contributed by atoms with Crippen molar-refractivity contribution in [3.05, 3.63) is 45.7 Å². The van der Waals surface area contributed by atoms with Gasteiger partial charge in [-0.3, -0.25) is 9.59 Å². The van der Waals surface area contributed by atoms with Crippen LogP contribution in [0.3, 0.4) is 0 Å². The number of nitrogens with two attached hydrogens (primary N) is 1. The van der Waals surface area contributed by atoms with E-state index in [0.29, 0.717) is 40.6 Å². The van der Waals surface area contributed by atoms with E-state index in [4.69, 9.17) is 27.2 Å². The number of nitrogens with zero attached hydrogens (tertiary/aromatic N) is 2. The summed E-state index contributed by atoms with van der Waals surface area (Å²) in [7, 11) is 0. The third-order valence-electron chi connectivity index (χ3n) is 4.88. The molecule has 1 amide bonds. The molecule has 0 unspecified atom stereocenters. The second-order valence-electron chi connectivity index (χ2n) is 7.31. The molecular weight excluding hydrogens is 464 g/mol. The maximum absolute atomic E-state index is 13.9. The maximum Gasteiger partial charge on any atom is 0.300 e. The van der Waals surface area contributed by atoms with E-state index in [-0.39, 0.29) is 12.3 Å². The Morgan fingerprint density at radius 3 is 2.66 bits per heavy atom. The Kier molecular flexibility index (Phi) is 7.32. The summed E-state index contributed by atoms with van der Waals surface area (Å²) in [6, 6.07) is 4.96. The number of carbonyl (C=O) groups excluding carboxylic acids is 1. The summed E-state index contributed by atoms with van der Waals surface area (Å²) >= 11 is 7.40. The quantitative estimate of drug-likeness (QED) is 0.436. The van der Waals surface area contributed by atoms with Gasteiger partial charge in [-0.25, -0.2) is 13.3 Å². The number of carbonyl (C=O) groups is 2. The van der Waals surface area contributed by atoms with Gasteiger partial charge < -0.3 is 21.5 Å². The van der Waals surface area contributed by atoms with Gasteiger partial charge in [0.05, 0.1) is 22.3 Å².